The van der Waals surface area contributed by atoms with Crippen molar-refractivity contribution in [1.82, 2.24) is 10.2 Å². The summed E-state index contributed by atoms with van der Waals surface area (Å²) < 4.78 is 5.36. The zero-order valence-electron chi connectivity index (χ0n) is 11.7. The van der Waals surface area contributed by atoms with Gasteiger partial charge in [0, 0.05) is 19.6 Å². The molecule has 4 heteroatoms. The second-order valence-electron chi connectivity index (χ2n) is 4.92. The van der Waals surface area contributed by atoms with E-state index in [1.54, 1.807) is 0 Å². The minimum atomic E-state index is -0.196. The number of likely N-dealkylation sites (N-methyl/N-ethyl adjacent to an activating group) is 1. The molecular formula is C15H22N2O2. The SMILES string of the molecule is CCN(Cc1cccc(C)c1)C(=O)C1COCCN1. The fourth-order valence-corrected chi connectivity index (χ4v) is 2.32. The van der Waals surface area contributed by atoms with Crippen molar-refractivity contribution in [2.24, 2.45) is 0 Å². The quantitative estimate of drug-likeness (QED) is 0.890. The van der Waals surface area contributed by atoms with E-state index in [1.807, 2.05) is 17.9 Å². The van der Waals surface area contributed by atoms with E-state index in [0.29, 0.717) is 26.3 Å². The molecule has 19 heavy (non-hydrogen) atoms. The summed E-state index contributed by atoms with van der Waals surface area (Å²) in [5.74, 6) is 0.128. The minimum Gasteiger partial charge on any atom is -0.378 e. The van der Waals surface area contributed by atoms with Crippen LogP contribution < -0.4 is 5.32 Å². The van der Waals surface area contributed by atoms with Crippen LogP contribution in [0.4, 0.5) is 0 Å². The summed E-state index contributed by atoms with van der Waals surface area (Å²) in [5, 5.41) is 3.21. The Kier molecular flexibility index (Phi) is 4.93. The summed E-state index contributed by atoms with van der Waals surface area (Å²) in [6.07, 6.45) is 0. The molecule has 4 nitrogen and oxygen atoms in total. The van der Waals surface area contributed by atoms with Gasteiger partial charge in [-0.15, -0.1) is 0 Å². The van der Waals surface area contributed by atoms with Crippen LogP contribution in [-0.2, 0) is 16.1 Å². The van der Waals surface area contributed by atoms with E-state index >= 15 is 0 Å². The summed E-state index contributed by atoms with van der Waals surface area (Å²) in [7, 11) is 0. The largest absolute Gasteiger partial charge is 0.378 e. The maximum absolute atomic E-state index is 12.4. The summed E-state index contributed by atoms with van der Waals surface area (Å²) in [6, 6.07) is 8.09. The van der Waals surface area contributed by atoms with Crippen LogP contribution in [0.3, 0.4) is 0 Å². The van der Waals surface area contributed by atoms with Gasteiger partial charge in [0.2, 0.25) is 5.91 Å². The molecule has 104 valence electrons. The number of aryl methyl sites for hydroxylation is 1. The zero-order valence-corrected chi connectivity index (χ0v) is 11.7. The van der Waals surface area contributed by atoms with E-state index in [1.165, 1.54) is 11.1 Å². The normalized spacial score (nSPS) is 19.2. The van der Waals surface area contributed by atoms with Crippen molar-refractivity contribution in [2.75, 3.05) is 26.3 Å². The van der Waals surface area contributed by atoms with Gasteiger partial charge < -0.3 is 15.0 Å². The van der Waals surface area contributed by atoms with Crippen molar-refractivity contribution in [1.29, 1.82) is 0 Å². The Morgan fingerprint density at radius 2 is 2.37 bits per heavy atom. The molecule has 0 aromatic heterocycles. The molecule has 1 aliphatic rings. The monoisotopic (exact) mass is 262 g/mol. The highest BCUT2D eigenvalue weighted by atomic mass is 16.5. The van der Waals surface area contributed by atoms with Gasteiger partial charge in [0.15, 0.2) is 0 Å². The van der Waals surface area contributed by atoms with Crippen molar-refractivity contribution < 1.29 is 9.53 Å². The highest BCUT2D eigenvalue weighted by molar-refractivity contribution is 5.82. The topological polar surface area (TPSA) is 41.6 Å². The molecule has 0 saturated carbocycles. The third-order valence-corrected chi connectivity index (χ3v) is 3.37. The standard InChI is InChI=1S/C15H22N2O2/c1-3-17(10-13-6-4-5-12(2)9-13)15(18)14-11-19-8-7-16-14/h4-6,9,14,16H,3,7-8,10-11H2,1-2H3. The fraction of sp³-hybridized carbons (Fsp3) is 0.533. The predicted molar refractivity (Wildman–Crippen MR) is 74.9 cm³/mol. The first kappa shape index (κ1) is 14.0. The van der Waals surface area contributed by atoms with Gasteiger partial charge in [-0.05, 0) is 19.4 Å². The van der Waals surface area contributed by atoms with E-state index in [2.05, 4.69) is 30.4 Å². The number of benzene rings is 1. The van der Waals surface area contributed by atoms with E-state index in [9.17, 15) is 4.79 Å². The molecule has 0 spiro atoms. The molecule has 1 aliphatic heterocycles. The van der Waals surface area contributed by atoms with Crippen LogP contribution in [-0.4, -0.2) is 43.2 Å². The summed E-state index contributed by atoms with van der Waals surface area (Å²) in [6.45, 7) is 7.37. The number of hydrogen-bond acceptors (Lipinski definition) is 3. The number of carbonyl (C=O) groups is 1. The minimum absolute atomic E-state index is 0.128. The first-order valence-corrected chi connectivity index (χ1v) is 6.86. The maximum atomic E-state index is 12.4. The second-order valence-corrected chi connectivity index (χ2v) is 4.92. The molecule has 0 radical (unpaired) electrons. The number of carbonyl (C=O) groups excluding carboxylic acids is 1. The Balaban J connectivity index is 2.00. The van der Waals surface area contributed by atoms with Crippen molar-refractivity contribution in [3.63, 3.8) is 0 Å². The van der Waals surface area contributed by atoms with Crippen molar-refractivity contribution >= 4 is 5.91 Å². The van der Waals surface area contributed by atoms with Crippen LogP contribution in [0.25, 0.3) is 0 Å². The number of hydrogen-bond donors (Lipinski definition) is 1. The molecule has 1 saturated heterocycles. The number of nitrogens with zero attached hydrogens (tertiary/aromatic N) is 1. The fourth-order valence-electron chi connectivity index (χ4n) is 2.32. The highest BCUT2D eigenvalue weighted by Crippen LogP contribution is 2.09. The first-order chi connectivity index (χ1) is 9.20. The lowest BCUT2D eigenvalue weighted by atomic mass is 10.1. The molecule has 1 heterocycles. The van der Waals surface area contributed by atoms with Crippen molar-refractivity contribution in [2.45, 2.75) is 26.4 Å². The summed E-state index contributed by atoms with van der Waals surface area (Å²) in [4.78, 5) is 14.3. The van der Waals surface area contributed by atoms with E-state index in [0.717, 1.165) is 6.54 Å². The number of morpholine rings is 1. The first-order valence-electron chi connectivity index (χ1n) is 6.86. The molecule has 2 rings (SSSR count). The van der Waals surface area contributed by atoms with Gasteiger partial charge in [0.05, 0.1) is 13.2 Å². The third kappa shape index (κ3) is 3.78. The van der Waals surface area contributed by atoms with Crippen molar-refractivity contribution in [3.8, 4) is 0 Å². The Morgan fingerprint density at radius 1 is 1.53 bits per heavy atom. The lowest BCUT2D eigenvalue weighted by Gasteiger charge is -2.29. The number of rotatable bonds is 4. The average Bonchev–Trinajstić information content (AvgIpc) is 2.45. The van der Waals surface area contributed by atoms with Gasteiger partial charge >= 0.3 is 0 Å². The second kappa shape index (κ2) is 6.68. The van der Waals surface area contributed by atoms with Crippen LogP contribution in [0.1, 0.15) is 18.1 Å². The number of nitrogens with one attached hydrogen (secondary N) is 1. The maximum Gasteiger partial charge on any atom is 0.242 e. The third-order valence-electron chi connectivity index (χ3n) is 3.37. The van der Waals surface area contributed by atoms with Gasteiger partial charge in [-0.1, -0.05) is 29.8 Å². The summed E-state index contributed by atoms with van der Waals surface area (Å²) >= 11 is 0. The molecule has 1 aromatic carbocycles. The molecule has 1 N–H and O–H groups in total. The van der Waals surface area contributed by atoms with Crippen LogP contribution in [0, 0.1) is 6.92 Å². The smallest absolute Gasteiger partial charge is 0.242 e. The Bertz CT molecular complexity index is 428. The molecule has 1 unspecified atom stereocenters. The van der Waals surface area contributed by atoms with E-state index < -0.39 is 0 Å². The predicted octanol–water partition coefficient (Wildman–Crippen LogP) is 1.33. The van der Waals surface area contributed by atoms with Crippen molar-refractivity contribution in [3.05, 3.63) is 35.4 Å². The zero-order chi connectivity index (χ0) is 13.7. The van der Waals surface area contributed by atoms with Gasteiger partial charge in [-0.25, -0.2) is 0 Å². The van der Waals surface area contributed by atoms with Crippen LogP contribution >= 0.6 is 0 Å². The number of amides is 1. The van der Waals surface area contributed by atoms with Gasteiger partial charge in [0.1, 0.15) is 6.04 Å². The Labute approximate surface area is 114 Å². The highest BCUT2D eigenvalue weighted by Gasteiger charge is 2.25. The van der Waals surface area contributed by atoms with Gasteiger partial charge in [-0.3, -0.25) is 4.79 Å². The summed E-state index contributed by atoms with van der Waals surface area (Å²) in [5.41, 5.74) is 2.40. The van der Waals surface area contributed by atoms with Gasteiger partial charge in [-0.2, -0.15) is 0 Å². The molecular weight excluding hydrogens is 240 g/mol. The molecule has 1 aromatic rings. The van der Waals surface area contributed by atoms with Crippen LogP contribution in [0.15, 0.2) is 24.3 Å². The Hall–Kier alpha value is -1.39. The molecule has 0 bridgehead atoms. The van der Waals surface area contributed by atoms with Gasteiger partial charge in [0.25, 0.3) is 0 Å². The lowest BCUT2D eigenvalue weighted by molar-refractivity contribution is -0.136. The molecule has 1 atom stereocenters. The van der Waals surface area contributed by atoms with Crippen LogP contribution in [0.5, 0.6) is 0 Å². The van der Waals surface area contributed by atoms with Crippen LogP contribution in [0.2, 0.25) is 0 Å². The lowest BCUT2D eigenvalue weighted by Crippen LogP contribution is -2.52. The number of ether oxygens (including phenoxy) is 1. The molecule has 1 fully saturated rings. The Morgan fingerprint density at radius 3 is 3.00 bits per heavy atom. The van der Waals surface area contributed by atoms with E-state index in [4.69, 9.17) is 4.74 Å². The molecule has 1 amide bonds. The molecule has 0 aliphatic carbocycles. The average molecular weight is 262 g/mol. The van der Waals surface area contributed by atoms with E-state index in [-0.39, 0.29) is 11.9 Å².